The van der Waals surface area contributed by atoms with Gasteiger partial charge in [0.05, 0.1) is 16.7 Å². The van der Waals surface area contributed by atoms with E-state index in [2.05, 4.69) is 252 Å². The third-order valence-electron chi connectivity index (χ3n) is 12.6. The lowest BCUT2D eigenvalue weighted by atomic mass is 9.92. The van der Waals surface area contributed by atoms with Crippen molar-refractivity contribution in [1.29, 1.82) is 0 Å². The molecule has 2 heteroatoms. The lowest BCUT2D eigenvalue weighted by Gasteiger charge is -2.29. The highest BCUT2D eigenvalue weighted by atomic mass is 15.1. The smallest absolute Gasteiger partial charge is 0.0541 e. The van der Waals surface area contributed by atoms with Crippen molar-refractivity contribution < 1.29 is 0 Å². The van der Waals surface area contributed by atoms with E-state index >= 15 is 0 Å². The van der Waals surface area contributed by atoms with Gasteiger partial charge in [0.1, 0.15) is 0 Å². The minimum Gasteiger partial charge on any atom is -0.310 e. The van der Waals surface area contributed by atoms with Crippen LogP contribution < -0.4 is 4.90 Å². The van der Waals surface area contributed by atoms with Gasteiger partial charge in [-0.2, -0.15) is 0 Å². The first-order chi connectivity index (χ1) is 30.7. The Balaban J connectivity index is 0.980. The molecule has 0 N–H and O–H groups in total. The topological polar surface area (TPSA) is 8.17 Å². The van der Waals surface area contributed by atoms with Gasteiger partial charge in [0.15, 0.2) is 0 Å². The first kappa shape index (κ1) is 35.7. The van der Waals surface area contributed by atoms with Gasteiger partial charge in [-0.15, -0.1) is 0 Å². The number of hydrogen-bond acceptors (Lipinski definition) is 1. The standard InChI is InChI=1S/C60H40N2/c1-2-14-45-39-46(30-29-41(45)13-1)44-27-25-42(26-28-44)43-31-33-48(34-32-43)61(49-35-37-50(38-36-49)62-59-23-11-7-19-54(59)55-20-8-12-24-60(55)62)58-22-10-9-21-56(58)57-40-47-15-3-4-16-51(47)52-17-5-6-18-53(52)57/h1-40H. The normalized spacial score (nSPS) is 11.5. The molecule has 0 unspecified atom stereocenters. The monoisotopic (exact) mass is 788 g/mol. The maximum atomic E-state index is 2.42. The average Bonchev–Trinajstić information content (AvgIpc) is 3.69. The van der Waals surface area contributed by atoms with E-state index in [4.69, 9.17) is 0 Å². The second-order valence-corrected chi connectivity index (χ2v) is 16.1. The van der Waals surface area contributed by atoms with Crippen LogP contribution in [-0.4, -0.2) is 4.57 Å². The molecule has 0 radical (unpaired) electrons. The molecule has 0 saturated heterocycles. The van der Waals surface area contributed by atoms with Crippen molar-refractivity contribution in [2.75, 3.05) is 4.90 Å². The molecule has 12 aromatic rings. The summed E-state index contributed by atoms with van der Waals surface area (Å²) in [4.78, 5) is 2.42. The Morgan fingerprint density at radius 1 is 0.274 bits per heavy atom. The molecule has 0 aliphatic rings. The Morgan fingerprint density at radius 3 is 1.42 bits per heavy atom. The molecule has 1 heterocycles. The number of benzene rings is 11. The summed E-state index contributed by atoms with van der Waals surface area (Å²) in [6.07, 6.45) is 0. The van der Waals surface area contributed by atoms with Crippen molar-refractivity contribution in [3.05, 3.63) is 243 Å². The van der Waals surface area contributed by atoms with Gasteiger partial charge < -0.3 is 9.47 Å². The molecule has 62 heavy (non-hydrogen) atoms. The van der Waals surface area contributed by atoms with Crippen molar-refractivity contribution in [3.63, 3.8) is 0 Å². The summed E-state index contributed by atoms with van der Waals surface area (Å²) in [5.41, 5.74) is 14.0. The van der Waals surface area contributed by atoms with E-state index in [-0.39, 0.29) is 0 Å². The molecule has 0 bridgehead atoms. The van der Waals surface area contributed by atoms with Gasteiger partial charge in [-0.3, -0.25) is 0 Å². The number of hydrogen-bond donors (Lipinski definition) is 0. The van der Waals surface area contributed by atoms with Crippen LogP contribution in [0.4, 0.5) is 17.1 Å². The third kappa shape index (κ3) is 6.04. The van der Waals surface area contributed by atoms with Crippen molar-refractivity contribution in [3.8, 4) is 39.1 Å². The van der Waals surface area contributed by atoms with Gasteiger partial charge in [-0.1, -0.05) is 176 Å². The van der Waals surface area contributed by atoms with Gasteiger partial charge >= 0.3 is 0 Å². The Morgan fingerprint density at radius 2 is 0.742 bits per heavy atom. The predicted molar refractivity (Wildman–Crippen MR) is 264 cm³/mol. The molecule has 11 aromatic carbocycles. The van der Waals surface area contributed by atoms with Crippen LogP contribution in [0.25, 0.3) is 93.2 Å². The summed E-state index contributed by atoms with van der Waals surface area (Å²) < 4.78 is 2.38. The van der Waals surface area contributed by atoms with Crippen LogP contribution in [0.2, 0.25) is 0 Å². The van der Waals surface area contributed by atoms with Crippen LogP contribution in [0.1, 0.15) is 0 Å². The Kier molecular flexibility index (Phi) is 8.53. The van der Waals surface area contributed by atoms with Crippen molar-refractivity contribution in [1.82, 2.24) is 4.57 Å². The average molecular weight is 789 g/mol. The SMILES string of the molecule is c1ccc(N(c2ccc(-c3ccc(-c4ccc5ccccc5c4)cc3)cc2)c2ccc(-n3c4ccccc4c4ccccc43)cc2)c(-c2cc3ccccc3c3ccccc23)c1. The van der Waals surface area contributed by atoms with E-state index in [1.165, 1.54) is 87.5 Å². The van der Waals surface area contributed by atoms with Gasteiger partial charge in [0.25, 0.3) is 0 Å². The van der Waals surface area contributed by atoms with Gasteiger partial charge in [0.2, 0.25) is 0 Å². The number of aromatic nitrogens is 1. The summed E-state index contributed by atoms with van der Waals surface area (Å²) in [6, 6.07) is 88.5. The van der Waals surface area contributed by atoms with Crippen LogP contribution in [0.15, 0.2) is 243 Å². The van der Waals surface area contributed by atoms with Crippen LogP contribution in [0.5, 0.6) is 0 Å². The molecular weight excluding hydrogens is 749 g/mol. The highest BCUT2D eigenvalue weighted by molar-refractivity contribution is 6.15. The summed E-state index contributed by atoms with van der Waals surface area (Å²) in [7, 11) is 0. The molecule has 0 amide bonds. The molecule has 0 saturated carbocycles. The van der Waals surface area contributed by atoms with Crippen molar-refractivity contribution in [2.45, 2.75) is 0 Å². The number of nitrogens with zero attached hydrogens (tertiary/aromatic N) is 2. The van der Waals surface area contributed by atoms with Gasteiger partial charge in [-0.05, 0) is 127 Å². The first-order valence-corrected chi connectivity index (χ1v) is 21.3. The molecular formula is C60H40N2. The molecule has 0 spiro atoms. The minimum atomic E-state index is 1.08. The minimum absolute atomic E-state index is 1.08. The lowest BCUT2D eigenvalue weighted by Crippen LogP contribution is -2.11. The van der Waals surface area contributed by atoms with Crippen molar-refractivity contribution in [2.24, 2.45) is 0 Å². The highest BCUT2D eigenvalue weighted by Gasteiger charge is 2.20. The van der Waals surface area contributed by atoms with Gasteiger partial charge in [-0.25, -0.2) is 0 Å². The summed E-state index contributed by atoms with van der Waals surface area (Å²) >= 11 is 0. The number of rotatable bonds is 7. The maximum Gasteiger partial charge on any atom is 0.0541 e. The van der Waals surface area contributed by atoms with Crippen LogP contribution in [0, 0.1) is 0 Å². The van der Waals surface area contributed by atoms with Crippen LogP contribution in [-0.2, 0) is 0 Å². The molecule has 1 aromatic heterocycles. The molecule has 12 rings (SSSR count). The van der Waals surface area contributed by atoms with Crippen molar-refractivity contribution >= 4 is 71.2 Å². The number of para-hydroxylation sites is 3. The van der Waals surface area contributed by atoms with E-state index in [9.17, 15) is 0 Å². The predicted octanol–water partition coefficient (Wildman–Crippen LogP) is 16.7. The molecule has 2 nitrogen and oxygen atoms in total. The van der Waals surface area contributed by atoms with Crippen LogP contribution in [0.3, 0.4) is 0 Å². The van der Waals surface area contributed by atoms with E-state index in [1.54, 1.807) is 0 Å². The summed E-state index contributed by atoms with van der Waals surface area (Å²) in [6.45, 7) is 0. The highest BCUT2D eigenvalue weighted by Crippen LogP contribution is 2.45. The fraction of sp³-hybridized carbons (Fsp3) is 0. The number of anilines is 3. The molecule has 0 fully saturated rings. The van der Waals surface area contributed by atoms with E-state index in [0.717, 1.165) is 22.7 Å². The quantitative estimate of drug-likeness (QED) is 0.146. The van der Waals surface area contributed by atoms with E-state index < -0.39 is 0 Å². The van der Waals surface area contributed by atoms with Crippen LogP contribution >= 0.6 is 0 Å². The summed E-state index contributed by atoms with van der Waals surface area (Å²) in [5, 5.41) is 10.0. The Labute approximate surface area is 360 Å². The molecule has 0 aliphatic heterocycles. The zero-order chi connectivity index (χ0) is 41.0. The lowest BCUT2D eigenvalue weighted by molar-refractivity contribution is 1.17. The van der Waals surface area contributed by atoms with E-state index in [0.29, 0.717) is 0 Å². The number of fused-ring (bicyclic) bond motifs is 7. The zero-order valence-electron chi connectivity index (χ0n) is 34.0. The Hall–Kier alpha value is -8.20. The zero-order valence-corrected chi connectivity index (χ0v) is 34.0. The van der Waals surface area contributed by atoms with E-state index in [1.807, 2.05) is 0 Å². The molecule has 0 aliphatic carbocycles. The third-order valence-corrected chi connectivity index (χ3v) is 12.6. The fourth-order valence-corrected chi connectivity index (χ4v) is 9.58. The Bertz CT molecular complexity index is 3560. The largest absolute Gasteiger partial charge is 0.310 e. The first-order valence-electron chi connectivity index (χ1n) is 21.3. The summed E-state index contributed by atoms with van der Waals surface area (Å²) in [5.74, 6) is 0. The second-order valence-electron chi connectivity index (χ2n) is 16.1. The second kappa shape index (κ2) is 14.8. The molecule has 0 atom stereocenters. The fourth-order valence-electron chi connectivity index (χ4n) is 9.58. The maximum absolute atomic E-state index is 2.42. The van der Waals surface area contributed by atoms with Gasteiger partial charge in [0, 0.05) is 33.4 Å². The molecule has 290 valence electrons.